The van der Waals surface area contributed by atoms with E-state index < -0.39 is 0 Å². The average Bonchev–Trinajstić information content (AvgIpc) is 4.12. The Kier molecular flexibility index (Phi) is 19.2. The number of nitrogens with zero attached hydrogens (tertiary/aromatic N) is 6. The molecule has 10 heteroatoms. The number of aromatic nitrogens is 6. The van der Waals surface area contributed by atoms with Crippen molar-refractivity contribution < 1.29 is 50.1 Å². The zero-order valence-corrected chi connectivity index (χ0v) is 43.8. The molecule has 0 unspecified atom stereocenters. The summed E-state index contributed by atoms with van der Waals surface area (Å²) in [7, 11) is 0. The maximum Gasteiger partial charge on any atom is 0.155 e. The fourth-order valence-electron chi connectivity index (χ4n) is 7.75. The van der Waals surface area contributed by atoms with Crippen molar-refractivity contribution in [3.8, 4) is 45.5 Å². The molecule has 0 aliphatic carbocycles. The molecule has 8 nitrogen and oxygen atoms in total. The minimum Gasteiger partial charge on any atom is -0.512 e. The number of ketones is 1. The van der Waals surface area contributed by atoms with Crippen LogP contribution in [-0.4, -0.2) is 39.1 Å². The molecule has 0 amide bonds. The standard InChI is InChI=1S/C25H27N3.C25H26N3.C5H8O2.2Ir/c2*1-18(2)22-16-21(27-13-8-9-14-27)17-23(19(3)4)24(22)28-15-12-26-25(28)20-10-6-5-7-11-20;1-4(6)3-5(2)7;;/h5-19H,1-4H3;5-10,12-19H,1-4H3;3,6H,1-2H3;;/q;-1;;;. The Morgan fingerprint density at radius 3 is 1.31 bits per heavy atom. The number of benzene rings is 4. The summed E-state index contributed by atoms with van der Waals surface area (Å²) in [6, 6.07) is 39.3. The first-order valence-electron chi connectivity index (χ1n) is 21.8. The van der Waals surface area contributed by atoms with E-state index in [-0.39, 0.29) is 51.8 Å². The van der Waals surface area contributed by atoms with E-state index in [4.69, 9.17) is 10.1 Å². The van der Waals surface area contributed by atoms with E-state index in [1.807, 2.05) is 36.7 Å². The Morgan fingerprint density at radius 2 is 0.954 bits per heavy atom. The van der Waals surface area contributed by atoms with Crippen molar-refractivity contribution in [3.63, 3.8) is 0 Å². The summed E-state index contributed by atoms with van der Waals surface area (Å²) < 4.78 is 8.87. The number of aliphatic hydroxyl groups is 1. The number of carbonyl (C=O) groups is 1. The Labute approximate surface area is 412 Å². The van der Waals surface area contributed by atoms with Gasteiger partial charge < -0.3 is 18.8 Å². The minimum atomic E-state index is -0.125. The van der Waals surface area contributed by atoms with Gasteiger partial charge in [-0.1, -0.05) is 85.7 Å². The van der Waals surface area contributed by atoms with Gasteiger partial charge in [0, 0.05) is 118 Å². The smallest absolute Gasteiger partial charge is 0.155 e. The first kappa shape index (κ1) is 52.0. The summed E-state index contributed by atoms with van der Waals surface area (Å²) in [5, 5.41) is 8.36. The molecule has 0 atom stereocenters. The van der Waals surface area contributed by atoms with Crippen LogP contribution in [0.4, 0.5) is 0 Å². The van der Waals surface area contributed by atoms with Crippen LogP contribution in [-0.2, 0) is 45.0 Å². The second-order valence-corrected chi connectivity index (χ2v) is 17.0. The van der Waals surface area contributed by atoms with Gasteiger partial charge in [0.2, 0.25) is 0 Å². The third-order valence-corrected chi connectivity index (χ3v) is 10.8. The van der Waals surface area contributed by atoms with Gasteiger partial charge in [0.25, 0.3) is 0 Å². The zero-order valence-electron chi connectivity index (χ0n) is 39.0. The SMILES string of the molecule is CC(=O)C=C(C)O.CC(C)c1cc(-n2cccc2)cc(C(C)C)c1-n1ccnc1-c1[c-]cccc1.CC(C)c1cc(-n2cccc2)cc(C(C)C)c1-n1ccnc1-c1ccccc1.[Ir].[Ir]. The van der Waals surface area contributed by atoms with E-state index in [0.29, 0.717) is 23.7 Å². The summed E-state index contributed by atoms with van der Waals surface area (Å²) >= 11 is 0. The van der Waals surface area contributed by atoms with Gasteiger partial charge in [-0.2, -0.15) is 0 Å². The van der Waals surface area contributed by atoms with Crippen LogP contribution in [0.3, 0.4) is 0 Å². The van der Waals surface area contributed by atoms with Gasteiger partial charge in [-0.05, 0) is 108 Å². The molecule has 0 aliphatic rings. The van der Waals surface area contributed by atoms with Crippen molar-refractivity contribution in [2.45, 2.75) is 92.9 Å². The molecular weight excluding hydrogens is 1160 g/mol. The molecule has 0 spiro atoms. The van der Waals surface area contributed by atoms with Crippen LogP contribution in [0.15, 0.2) is 165 Å². The van der Waals surface area contributed by atoms with Crippen molar-refractivity contribution in [1.29, 1.82) is 0 Å². The van der Waals surface area contributed by atoms with E-state index in [1.165, 1.54) is 64.9 Å². The Morgan fingerprint density at radius 1 is 0.554 bits per heavy atom. The molecule has 4 aromatic heterocycles. The quantitative estimate of drug-likeness (QED) is 0.0795. The summed E-state index contributed by atoms with van der Waals surface area (Å²) in [5.74, 6) is 3.42. The molecule has 0 saturated heterocycles. The Balaban J connectivity index is 0.000000242. The third kappa shape index (κ3) is 12.8. The van der Waals surface area contributed by atoms with Crippen LogP contribution in [0.5, 0.6) is 0 Å². The normalized spacial score (nSPS) is 11.1. The summed E-state index contributed by atoms with van der Waals surface area (Å²) in [4.78, 5) is 19.4. The van der Waals surface area contributed by atoms with E-state index in [1.54, 1.807) is 0 Å². The molecule has 4 aromatic carbocycles. The maximum absolute atomic E-state index is 10.0. The van der Waals surface area contributed by atoms with Crippen molar-refractivity contribution in [2.75, 3.05) is 0 Å². The van der Waals surface area contributed by atoms with Crippen LogP contribution in [0.1, 0.15) is 115 Å². The third-order valence-electron chi connectivity index (χ3n) is 10.8. The van der Waals surface area contributed by atoms with Crippen molar-refractivity contribution in [3.05, 3.63) is 193 Å². The summed E-state index contributed by atoms with van der Waals surface area (Å²) in [6.45, 7) is 20.9. The van der Waals surface area contributed by atoms with Crippen molar-refractivity contribution in [2.24, 2.45) is 0 Å². The Bertz CT molecular complexity index is 2490. The number of aliphatic hydroxyl groups excluding tert-OH is 1. The average molecular weight is 1220 g/mol. The predicted molar refractivity (Wildman–Crippen MR) is 259 cm³/mol. The van der Waals surface area contributed by atoms with Gasteiger partial charge in [-0.25, -0.2) is 4.98 Å². The molecule has 0 saturated carbocycles. The van der Waals surface area contributed by atoms with E-state index in [9.17, 15) is 4.79 Å². The van der Waals surface area contributed by atoms with Gasteiger partial charge >= 0.3 is 0 Å². The molecule has 65 heavy (non-hydrogen) atoms. The van der Waals surface area contributed by atoms with Gasteiger partial charge in [0.05, 0.1) is 17.3 Å². The van der Waals surface area contributed by atoms with Gasteiger partial charge in [0.15, 0.2) is 5.78 Å². The molecule has 0 fully saturated rings. The molecule has 0 bridgehead atoms. The van der Waals surface area contributed by atoms with Gasteiger partial charge in [-0.3, -0.25) is 14.3 Å². The molecule has 4 heterocycles. The van der Waals surface area contributed by atoms with Crippen LogP contribution in [0.25, 0.3) is 45.5 Å². The number of hydrogen-bond acceptors (Lipinski definition) is 4. The fraction of sp³-hybridized carbons (Fsp3) is 0.255. The zero-order chi connectivity index (χ0) is 45.2. The van der Waals surface area contributed by atoms with Crippen molar-refractivity contribution in [1.82, 2.24) is 28.2 Å². The van der Waals surface area contributed by atoms with Crippen LogP contribution >= 0.6 is 0 Å². The molecule has 1 N–H and O–H groups in total. The fourth-order valence-corrected chi connectivity index (χ4v) is 7.75. The van der Waals surface area contributed by atoms with E-state index in [2.05, 4.69) is 201 Å². The topological polar surface area (TPSA) is 82.8 Å². The Hall–Kier alpha value is -5.63. The van der Waals surface area contributed by atoms with Crippen LogP contribution in [0, 0.1) is 6.07 Å². The number of hydrogen-bond donors (Lipinski definition) is 1. The molecule has 342 valence electrons. The maximum atomic E-state index is 10.0. The predicted octanol–water partition coefficient (Wildman–Crippen LogP) is 14.0. The number of rotatable bonds is 11. The first-order chi connectivity index (χ1) is 30.2. The number of carbonyl (C=O) groups excluding carboxylic acids is 1. The monoisotopic (exact) mass is 1220 g/mol. The van der Waals surface area contributed by atoms with Crippen molar-refractivity contribution >= 4 is 5.78 Å². The van der Waals surface area contributed by atoms with Crippen LogP contribution < -0.4 is 0 Å². The molecule has 2 radical (unpaired) electrons. The molecule has 8 rings (SSSR count). The van der Waals surface area contributed by atoms with Gasteiger partial charge in [-0.15, -0.1) is 35.9 Å². The molecule has 0 aliphatic heterocycles. The summed E-state index contributed by atoms with van der Waals surface area (Å²) in [5.41, 5.74) is 12.4. The second-order valence-electron chi connectivity index (χ2n) is 17.0. The minimum absolute atomic E-state index is 0. The van der Waals surface area contributed by atoms with Crippen LogP contribution in [0.2, 0.25) is 0 Å². The largest absolute Gasteiger partial charge is 0.512 e. The summed E-state index contributed by atoms with van der Waals surface area (Å²) in [6.07, 6.45) is 17.5. The van der Waals surface area contributed by atoms with Gasteiger partial charge in [0.1, 0.15) is 5.82 Å². The molecular formula is C55H61Ir2N6O2-. The van der Waals surface area contributed by atoms with E-state index in [0.717, 1.165) is 22.8 Å². The number of allylic oxidation sites excluding steroid dienone is 2. The second kappa shape index (κ2) is 24.1. The first-order valence-corrected chi connectivity index (χ1v) is 21.8. The van der Waals surface area contributed by atoms with E-state index >= 15 is 0 Å². The number of imidazole rings is 2. The molecule has 8 aromatic rings.